The van der Waals surface area contributed by atoms with Gasteiger partial charge in [0.1, 0.15) is 12.4 Å². The molecule has 1 aromatic carbocycles. The van der Waals surface area contributed by atoms with Gasteiger partial charge in [-0.2, -0.15) is 0 Å². The van der Waals surface area contributed by atoms with E-state index in [2.05, 4.69) is 10.2 Å². The third-order valence-electron chi connectivity index (χ3n) is 6.02. The van der Waals surface area contributed by atoms with Crippen LogP contribution in [0.1, 0.15) is 37.7 Å². The Hall–Kier alpha value is -1.56. The first-order valence-corrected chi connectivity index (χ1v) is 10.3. The van der Waals surface area contributed by atoms with E-state index in [-0.39, 0.29) is 11.4 Å². The standard InChI is InChI=1S/C21H27ClN2O3/c22-18-4-5-19-16(13-18)12-17(14-27-19)20(25)23-15-21(6-2-1-3-7-21)24-8-10-26-11-9-24/h4-5,12-13H,1-3,6-11,14-15H2,(H,23,25). The molecule has 0 atom stereocenters. The number of nitrogens with one attached hydrogen (secondary N) is 1. The Balaban J connectivity index is 1.45. The number of hydrogen-bond acceptors (Lipinski definition) is 4. The Morgan fingerprint density at radius 3 is 2.74 bits per heavy atom. The van der Waals surface area contributed by atoms with Crippen LogP contribution in [0.25, 0.3) is 6.08 Å². The molecule has 2 heterocycles. The minimum absolute atomic E-state index is 0.0427. The average molecular weight is 391 g/mol. The number of carbonyl (C=O) groups excluding carboxylic acids is 1. The van der Waals surface area contributed by atoms with Crippen molar-refractivity contribution in [2.45, 2.75) is 37.6 Å². The fourth-order valence-corrected chi connectivity index (χ4v) is 4.67. The predicted molar refractivity (Wildman–Crippen MR) is 106 cm³/mol. The molecule has 1 saturated carbocycles. The van der Waals surface area contributed by atoms with E-state index in [1.165, 1.54) is 19.3 Å². The molecule has 1 N–H and O–H groups in total. The SMILES string of the molecule is O=C(NCC1(N2CCOCC2)CCCCC1)C1=Cc2cc(Cl)ccc2OC1. The fourth-order valence-electron chi connectivity index (χ4n) is 4.49. The zero-order valence-corrected chi connectivity index (χ0v) is 16.4. The minimum Gasteiger partial charge on any atom is -0.488 e. The normalized spacial score (nSPS) is 22.3. The average Bonchev–Trinajstić information content (AvgIpc) is 2.73. The summed E-state index contributed by atoms with van der Waals surface area (Å²) in [5.41, 5.74) is 1.58. The second-order valence-corrected chi connectivity index (χ2v) is 8.14. The second kappa shape index (κ2) is 8.21. The monoisotopic (exact) mass is 390 g/mol. The number of carbonyl (C=O) groups is 1. The molecule has 2 aliphatic heterocycles. The molecule has 27 heavy (non-hydrogen) atoms. The first kappa shape index (κ1) is 18.8. The third-order valence-corrected chi connectivity index (χ3v) is 6.26. The second-order valence-electron chi connectivity index (χ2n) is 7.71. The maximum atomic E-state index is 12.8. The number of amides is 1. The van der Waals surface area contributed by atoms with Crippen molar-refractivity contribution in [3.63, 3.8) is 0 Å². The predicted octanol–water partition coefficient (Wildman–Crippen LogP) is 3.27. The van der Waals surface area contributed by atoms with Gasteiger partial charge >= 0.3 is 0 Å². The number of rotatable bonds is 4. The summed E-state index contributed by atoms with van der Waals surface area (Å²) in [5, 5.41) is 3.85. The van der Waals surface area contributed by atoms with Crippen LogP contribution < -0.4 is 10.1 Å². The Labute approximate surface area is 165 Å². The molecule has 2 fully saturated rings. The molecule has 5 nitrogen and oxygen atoms in total. The molecule has 0 spiro atoms. The van der Waals surface area contributed by atoms with Crippen LogP contribution in [0.4, 0.5) is 0 Å². The van der Waals surface area contributed by atoms with E-state index in [1.807, 2.05) is 18.2 Å². The molecular formula is C21H27ClN2O3. The van der Waals surface area contributed by atoms with Gasteiger partial charge in [-0.3, -0.25) is 9.69 Å². The summed E-state index contributed by atoms with van der Waals surface area (Å²) in [6.45, 7) is 4.45. The van der Waals surface area contributed by atoms with E-state index in [0.717, 1.165) is 50.5 Å². The van der Waals surface area contributed by atoms with Gasteiger partial charge in [0.05, 0.1) is 18.8 Å². The molecule has 1 saturated heterocycles. The fraction of sp³-hybridized carbons (Fsp3) is 0.571. The first-order valence-electron chi connectivity index (χ1n) is 9.90. The molecular weight excluding hydrogens is 364 g/mol. The van der Waals surface area contributed by atoms with E-state index in [0.29, 0.717) is 23.7 Å². The summed E-state index contributed by atoms with van der Waals surface area (Å²) in [6.07, 6.45) is 7.91. The lowest BCUT2D eigenvalue weighted by atomic mass is 9.79. The molecule has 1 aromatic rings. The molecule has 146 valence electrons. The summed E-state index contributed by atoms with van der Waals surface area (Å²) in [4.78, 5) is 15.4. The molecule has 1 amide bonds. The Kier molecular flexibility index (Phi) is 5.71. The largest absolute Gasteiger partial charge is 0.488 e. The van der Waals surface area contributed by atoms with Crippen LogP contribution in [0.5, 0.6) is 5.75 Å². The first-order chi connectivity index (χ1) is 13.2. The van der Waals surface area contributed by atoms with Crippen LogP contribution in [0, 0.1) is 0 Å². The van der Waals surface area contributed by atoms with Crippen molar-refractivity contribution in [2.75, 3.05) is 39.5 Å². The lowest BCUT2D eigenvalue weighted by molar-refractivity contribution is -0.119. The van der Waals surface area contributed by atoms with Gasteiger partial charge in [0.2, 0.25) is 0 Å². The van der Waals surface area contributed by atoms with Crippen molar-refractivity contribution in [3.05, 3.63) is 34.4 Å². The summed E-state index contributed by atoms with van der Waals surface area (Å²) in [7, 11) is 0. The van der Waals surface area contributed by atoms with E-state index in [4.69, 9.17) is 21.1 Å². The van der Waals surface area contributed by atoms with Crippen LogP contribution in [0.15, 0.2) is 23.8 Å². The van der Waals surface area contributed by atoms with E-state index >= 15 is 0 Å². The summed E-state index contributed by atoms with van der Waals surface area (Å²) < 4.78 is 11.3. The van der Waals surface area contributed by atoms with Crippen molar-refractivity contribution in [3.8, 4) is 5.75 Å². The highest BCUT2D eigenvalue weighted by Crippen LogP contribution is 2.34. The Bertz CT molecular complexity index is 722. The number of nitrogens with zero attached hydrogens (tertiary/aromatic N) is 1. The van der Waals surface area contributed by atoms with Gasteiger partial charge in [-0.25, -0.2) is 0 Å². The van der Waals surface area contributed by atoms with Gasteiger partial charge < -0.3 is 14.8 Å². The number of morpholine rings is 1. The van der Waals surface area contributed by atoms with Crippen molar-refractivity contribution >= 4 is 23.6 Å². The minimum atomic E-state index is -0.0427. The van der Waals surface area contributed by atoms with Crippen LogP contribution in [0.2, 0.25) is 5.02 Å². The van der Waals surface area contributed by atoms with E-state index < -0.39 is 0 Å². The van der Waals surface area contributed by atoms with Gasteiger partial charge in [0, 0.05) is 35.8 Å². The number of hydrogen-bond donors (Lipinski definition) is 1. The molecule has 1 aliphatic carbocycles. The van der Waals surface area contributed by atoms with Crippen molar-refractivity contribution in [1.82, 2.24) is 10.2 Å². The number of halogens is 1. The highest BCUT2D eigenvalue weighted by atomic mass is 35.5. The highest BCUT2D eigenvalue weighted by Gasteiger charge is 2.39. The van der Waals surface area contributed by atoms with Gasteiger partial charge in [0.15, 0.2) is 0 Å². The summed E-state index contributed by atoms with van der Waals surface area (Å²) >= 11 is 6.07. The zero-order valence-electron chi connectivity index (χ0n) is 15.6. The van der Waals surface area contributed by atoms with Crippen molar-refractivity contribution in [2.24, 2.45) is 0 Å². The Morgan fingerprint density at radius 2 is 1.96 bits per heavy atom. The summed E-state index contributed by atoms with van der Waals surface area (Å²) in [6, 6.07) is 5.48. The summed E-state index contributed by atoms with van der Waals surface area (Å²) in [5.74, 6) is 0.729. The smallest absolute Gasteiger partial charge is 0.250 e. The van der Waals surface area contributed by atoms with Crippen LogP contribution in [-0.2, 0) is 9.53 Å². The molecule has 0 bridgehead atoms. The van der Waals surface area contributed by atoms with Gasteiger partial charge in [-0.1, -0.05) is 30.9 Å². The molecule has 0 radical (unpaired) electrons. The van der Waals surface area contributed by atoms with Crippen LogP contribution in [-0.4, -0.2) is 55.8 Å². The highest BCUT2D eigenvalue weighted by molar-refractivity contribution is 6.30. The van der Waals surface area contributed by atoms with Gasteiger partial charge in [-0.05, 0) is 37.1 Å². The maximum absolute atomic E-state index is 12.8. The van der Waals surface area contributed by atoms with E-state index in [9.17, 15) is 4.79 Å². The van der Waals surface area contributed by atoms with Gasteiger partial charge in [-0.15, -0.1) is 0 Å². The quantitative estimate of drug-likeness (QED) is 0.857. The molecule has 0 unspecified atom stereocenters. The van der Waals surface area contributed by atoms with Crippen molar-refractivity contribution in [1.29, 1.82) is 0 Å². The number of ether oxygens (including phenoxy) is 2. The molecule has 6 heteroatoms. The van der Waals surface area contributed by atoms with E-state index in [1.54, 1.807) is 6.07 Å². The number of fused-ring (bicyclic) bond motifs is 1. The zero-order chi connectivity index (χ0) is 18.7. The van der Waals surface area contributed by atoms with Crippen LogP contribution >= 0.6 is 11.6 Å². The molecule has 4 rings (SSSR count). The van der Waals surface area contributed by atoms with Crippen molar-refractivity contribution < 1.29 is 14.3 Å². The Morgan fingerprint density at radius 1 is 1.19 bits per heavy atom. The number of benzene rings is 1. The van der Waals surface area contributed by atoms with Gasteiger partial charge in [0.25, 0.3) is 5.91 Å². The molecule has 0 aromatic heterocycles. The maximum Gasteiger partial charge on any atom is 0.250 e. The van der Waals surface area contributed by atoms with Crippen LogP contribution in [0.3, 0.4) is 0 Å². The lowest BCUT2D eigenvalue weighted by Gasteiger charge is -2.48. The third kappa shape index (κ3) is 4.15. The lowest BCUT2D eigenvalue weighted by Crippen LogP contribution is -2.59. The topological polar surface area (TPSA) is 50.8 Å². The molecule has 3 aliphatic rings.